The number of alkyl halides is 3. The van der Waals surface area contributed by atoms with E-state index < -0.39 is 29.5 Å². The van der Waals surface area contributed by atoms with E-state index in [1.54, 1.807) is 31.2 Å². The molecule has 0 saturated heterocycles. The number of nitrogens with one attached hydrogen (secondary N) is 1. The van der Waals surface area contributed by atoms with Crippen LogP contribution in [0.5, 0.6) is 0 Å². The molecule has 3 rings (SSSR count). The van der Waals surface area contributed by atoms with Crippen LogP contribution < -0.4 is 5.32 Å². The van der Waals surface area contributed by atoms with Crippen LogP contribution in [0.4, 0.5) is 17.6 Å². The van der Waals surface area contributed by atoms with E-state index in [1.807, 2.05) is 0 Å². The van der Waals surface area contributed by atoms with Gasteiger partial charge in [-0.2, -0.15) is 18.3 Å². The molecule has 0 aliphatic carbocycles. The van der Waals surface area contributed by atoms with Crippen LogP contribution in [0.25, 0.3) is 11.8 Å². The smallest absolute Gasteiger partial charge is 0.350 e. The van der Waals surface area contributed by atoms with Gasteiger partial charge in [-0.1, -0.05) is 42.5 Å². The summed E-state index contributed by atoms with van der Waals surface area (Å²) in [6.07, 6.45) is -3.29. The summed E-state index contributed by atoms with van der Waals surface area (Å²) in [6, 6.07) is 11.4. The lowest BCUT2D eigenvalue weighted by molar-refractivity contribution is -0.141. The normalized spacial score (nSPS) is 12.5. The second-order valence-corrected chi connectivity index (χ2v) is 7.27. The van der Waals surface area contributed by atoms with Crippen LogP contribution in [-0.2, 0) is 17.5 Å². The zero-order valence-electron chi connectivity index (χ0n) is 16.4. The average Bonchev–Trinajstić information content (AvgIpc) is 3.16. The highest BCUT2D eigenvalue weighted by atomic mass is 35.5. The highest BCUT2D eigenvalue weighted by molar-refractivity contribution is 6.30. The molecule has 1 atom stereocenters. The predicted octanol–water partition coefficient (Wildman–Crippen LogP) is 5.75. The first-order valence-electron chi connectivity index (χ1n) is 9.22. The fourth-order valence-electron chi connectivity index (χ4n) is 2.98. The van der Waals surface area contributed by atoms with Gasteiger partial charge in [0.1, 0.15) is 5.82 Å². The summed E-state index contributed by atoms with van der Waals surface area (Å²) in [5.41, 5.74) is 0.0824. The Morgan fingerprint density at radius 1 is 1.26 bits per heavy atom. The number of carbonyl (C=O) groups excluding carboxylic acids is 1. The molecule has 1 heterocycles. The second kappa shape index (κ2) is 8.93. The molecule has 0 bridgehead atoms. The molecule has 1 N–H and O–H groups in total. The fraction of sp³-hybridized carbons (Fsp3) is 0.182. The van der Waals surface area contributed by atoms with E-state index in [9.17, 15) is 22.4 Å². The number of hydrogen-bond acceptors (Lipinski definition) is 2. The van der Waals surface area contributed by atoms with Gasteiger partial charge in [0.05, 0.1) is 23.8 Å². The summed E-state index contributed by atoms with van der Waals surface area (Å²) >= 11 is 5.95. The van der Waals surface area contributed by atoms with E-state index in [4.69, 9.17) is 11.6 Å². The van der Waals surface area contributed by atoms with E-state index in [0.717, 1.165) is 10.7 Å². The van der Waals surface area contributed by atoms with Gasteiger partial charge in [-0.15, -0.1) is 0 Å². The van der Waals surface area contributed by atoms with Crippen LogP contribution in [0.3, 0.4) is 0 Å². The SMILES string of the molecule is C=Cc1ccc(C(C)C(=O)NCc2cc(C(F)(F)F)nn2-c2cccc(Cl)c2)cc1F. The molecule has 3 aromatic rings. The van der Waals surface area contributed by atoms with Gasteiger partial charge in [0.2, 0.25) is 5.91 Å². The Morgan fingerprint density at radius 3 is 2.61 bits per heavy atom. The highest BCUT2D eigenvalue weighted by Gasteiger charge is 2.35. The maximum atomic E-state index is 14.0. The first-order valence-corrected chi connectivity index (χ1v) is 9.59. The third-order valence-electron chi connectivity index (χ3n) is 4.71. The van der Waals surface area contributed by atoms with Crippen molar-refractivity contribution in [3.63, 3.8) is 0 Å². The van der Waals surface area contributed by atoms with Crippen LogP contribution >= 0.6 is 11.6 Å². The van der Waals surface area contributed by atoms with Crippen LogP contribution in [-0.4, -0.2) is 15.7 Å². The summed E-state index contributed by atoms with van der Waals surface area (Å²) in [7, 11) is 0. The molecule has 2 aromatic carbocycles. The van der Waals surface area contributed by atoms with E-state index in [0.29, 0.717) is 21.8 Å². The molecule has 0 saturated carbocycles. The quantitative estimate of drug-likeness (QED) is 0.485. The summed E-state index contributed by atoms with van der Waals surface area (Å²) < 4.78 is 54.6. The van der Waals surface area contributed by atoms with Crippen molar-refractivity contribution in [1.29, 1.82) is 0 Å². The lowest BCUT2D eigenvalue weighted by Crippen LogP contribution is -2.28. The molecule has 0 radical (unpaired) electrons. The Hall–Kier alpha value is -3.13. The predicted molar refractivity (Wildman–Crippen MR) is 110 cm³/mol. The molecular weight excluding hydrogens is 434 g/mol. The van der Waals surface area contributed by atoms with Crippen LogP contribution in [0.1, 0.15) is 35.4 Å². The third kappa shape index (κ3) is 5.14. The zero-order chi connectivity index (χ0) is 22.8. The highest BCUT2D eigenvalue weighted by Crippen LogP contribution is 2.30. The molecule has 0 spiro atoms. The molecule has 162 valence electrons. The van der Waals surface area contributed by atoms with E-state index in [2.05, 4.69) is 17.0 Å². The lowest BCUT2D eigenvalue weighted by atomic mass is 9.98. The Labute approximate surface area is 181 Å². The number of carbonyl (C=O) groups is 1. The molecular formula is C22H18ClF4N3O. The maximum absolute atomic E-state index is 14.0. The molecule has 1 aromatic heterocycles. The molecule has 1 amide bonds. The van der Waals surface area contributed by atoms with Crippen molar-refractivity contribution < 1.29 is 22.4 Å². The van der Waals surface area contributed by atoms with E-state index in [1.165, 1.54) is 24.3 Å². The van der Waals surface area contributed by atoms with Crippen molar-refractivity contribution in [1.82, 2.24) is 15.1 Å². The molecule has 0 aliphatic rings. The Kier molecular flexibility index (Phi) is 6.50. The van der Waals surface area contributed by atoms with Gasteiger partial charge in [-0.25, -0.2) is 9.07 Å². The van der Waals surface area contributed by atoms with Gasteiger partial charge in [-0.3, -0.25) is 4.79 Å². The Balaban J connectivity index is 1.83. The molecule has 1 unspecified atom stereocenters. The standard InChI is InChI=1S/C22H18ClF4N3O/c1-3-14-7-8-15(9-19(14)24)13(2)21(31)28-12-18-11-20(22(25,26)27)29-30(18)17-6-4-5-16(23)10-17/h3-11,13H,1,12H2,2H3,(H,28,31). The first kappa shape index (κ1) is 22.6. The van der Waals surface area contributed by atoms with Crippen molar-refractivity contribution in [2.24, 2.45) is 0 Å². The minimum Gasteiger partial charge on any atom is -0.350 e. The zero-order valence-corrected chi connectivity index (χ0v) is 17.1. The summed E-state index contributed by atoms with van der Waals surface area (Å²) in [4.78, 5) is 12.6. The van der Waals surface area contributed by atoms with Gasteiger partial charge in [0.25, 0.3) is 0 Å². The van der Waals surface area contributed by atoms with Crippen LogP contribution in [0, 0.1) is 5.82 Å². The molecule has 0 fully saturated rings. The molecule has 31 heavy (non-hydrogen) atoms. The number of nitrogens with zero attached hydrogens (tertiary/aromatic N) is 2. The summed E-state index contributed by atoms with van der Waals surface area (Å²) in [5.74, 6) is -1.71. The summed E-state index contributed by atoms with van der Waals surface area (Å²) in [6.45, 7) is 4.87. The van der Waals surface area contributed by atoms with E-state index in [-0.39, 0.29) is 12.2 Å². The van der Waals surface area contributed by atoms with Crippen LogP contribution in [0.2, 0.25) is 5.02 Å². The average molecular weight is 452 g/mol. The molecule has 9 heteroatoms. The van der Waals surface area contributed by atoms with Gasteiger partial charge in [0, 0.05) is 10.6 Å². The minimum absolute atomic E-state index is 0.114. The van der Waals surface area contributed by atoms with Crippen molar-refractivity contribution >= 4 is 23.6 Å². The van der Waals surface area contributed by atoms with Gasteiger partial charge < -0.3 is 5.32 Å². The summed E-state index contributed by atoms with van der Waals surface area (Å²) in [5, 5.41) is 6.55. The number of rotatable bonds is 6. The molecule has 4 nitrogen and oxygen atoms in total. The van der Waals surface area contributed by atoms with Gasteiger partial charge >= 0.3 is 6.18 Å². The van der Waals surface area contributed by atoms with Crippen molar-refractivity contribution in [3.05, 3.63) is 88.5 Å². The molecule has 0 aliphatic heterocycles. The van der Waals surface area contributed by atoms with Crippen LogP contribution in [0.15, 0.2) is 55.1 Å². The minimum atomic E-state index is -4.65. The number of hydrogen-bond donors (Lipinski definition) is 1. The lowest BCUT2D eigenvalue weighted by Gasteiger charge is -2.14. The van der Waals surface area contributed by atoms with Crippen molar-refractivity contribution in [2.75, 3.05) is 0 Å². The van der Waals surface area contributed by atoms with Gasteiger partial charge in [0.15, 0.2) is 5.69 Å². The number of aromatic nitrogens is 2. The monoisotopic (exact) mass is 451 g/mol. The van der Waals surface area contributed by atoms with Crippen molar-refractivity contribution in [3.8, 4) is 5.69 Å². The number of benzene rings is 2. The van der Waals surface area contributed by atoms with Crippen molar-refractivity contribution in [2.45, 2.75) is 25.6 Å². The fourth-order valence-corrected chi connectivity index (χ4v) is 3.16. The Morgan fingerprint density at radius 2 is 2.00 bits per heavy atom. The number of amides is 1. The first-order chi connectivity index (χ1) is 14.6. The third-order valence-corrected chi connectivity index (χ3v) is 4.94. The maximum Gasteiger partial charge on any atom is 0.435 e. The largest absolute Gasteiger partial charge is 0.435 e. The second-order valence-electron chi connectivity index (χ2n) is 6.83. The Bertz CT molecular complexity index is 1120. The van der Waals surface area contributed by atoms with Gasteiger partial charge in [-0.05, 0) is 42.8 Å². The van der Waals surface area contributed by atoms with E-state index >= 15 is 0 Å². The topological polar surface area (TPSA) is 46.9 Å². The number of halogens is 5.